The van der Waals surface area contributed by atoms with E-state index in [0.717, 1.165) is 48.3 Å². The molecule has 6 heteroatoms. The van der Waals surface area contributed by atoms with Gasteiger partial charge in [-0.25, -0.2) is 4.79 Å². The van der Waals surface area contributed by atoms with E-state index in [4.69, 9.17) is 0 Å². The number of hydrogen-bond donors (Lipinski definition) is 1. The Hall–Kier alpha value is -2.37. The third kappa shape index (κ3) is 2.79. The average Bonchev–Trinajstić information content (AvgIpc) is 3.22. The van der Waals surface area contributed by atoms with Crippen molar-refractivity contribution in [2.24, 2.45) is 11.8 Å². The molecule has 1 aromatic rings. The Morgan fingerprint density at radius 3 is 2.83 bits per heavy atom. The number of amides is 4. The number of nitrogens with one attached hydrogen (secondary N) is 1. The van der Waals surface area contributed by atoms with Crippen LogP contribution in [-0.2, 0) is 21.5 Å². The number of hydrogen-bond acceptors (Lipinski definition) is 3. The van der Waals surface area contributed by atoms with E-state index in [0.29, 0.717) is 18.3 Å². The quantitative estimate of drug-likeness (QED) is 0.783. The summed E-state index contributed by atoms with van der Waals surface area (Å²) >= 11 is 0. The van der Waals surface area contributed by atoms with Crippen LogP contribution < -0.4 is 5.32 Å². The highest BCUT2D eigenvalue weighted by Gasteiger charge is 2.56. The molecule has 4 aliphatic rings. The fourth-order valence-electron chi connectivity index (χ4n) is 6.18. The fraction of sp³-hybridized carbons (Fsp3) is 0.609. The standard InChI is InChI=1S/C23H29N3O3/c1-15-11-13-25(19-9-5-3-7-17(15)19)20(27)14-26-21(28)23(24-22(26)29)12-10-16-6-2-4-8-18(16)23/h2,4,6,8,15,17,19H,3,5,7,9-14H2,1H3,(H,24,29). The highest BCUT2D eigenvalue weighted by molar-refractivity contribution is 6.09. The summed E-state index contributed by atoms with van der Waals surface area (Å²) in [4.78, 5) is 42.4. The van der Waals surface area contributed by atoms with Crippen molar-refractivity contribution >= 4 is 17.8 Å². The molecule has 29 heavy (non-hydrogen) atoms. The van der Waals surface area contributed by atoms with Crippen LogP contribution in [0.3, 0.4) is 0 Å². The molecule has 0 radical (unpaired) electrons. The Morgan fingerprint density at radius 1 is 1.17 bits per heavy atom. The van der Waals surface area contributed by atoms with E-state index in [9.17, 15) is 14.4 Å². The lowest BCUT2D eigenvalue weighted by molar-refractivity contribution is -0.144. The molecule has 4 unspecified atom stereocenters. The normalized spacial score (nSPS) is 33.6. The number of piperidine rings is 1. The average molecular weight is 396 g/mol. The Balaban J connectivity index is 1.35. The number of carbonyl (C=O) groups is 3. The molecule has 2 heterocycles. The molecule has 5 rings (SSSR count). The summed E-state index contributed by atoms with van der Waals surface area (Å²) in [5, 5.41) is 2.92. The van der Waals surface area contributed by atoms with Crippen molar-refractivity contribution in [3.05, 3.63) is 35.4 Å². The predicted molar refractivity (Wildman–Crippen MR) is 108 cm³/mol. The van der Waals surface area contributed by atoms with Crippen LogP contribution in [0.5, 0.6) is 0 Å². The van der Waals surface area contributed by atoms with Gasteiger partial charge in [-0.15, -0.1) is 0 Å². The number of imide groups is 1. The maximum Gasteiger partial charge on any atom is 0.325 e. The Labute approximate surface area is 171 Å². The summed E-state index contributed by atoms with van der Waals surface area (Å²) in [5.41, 5.74) is 0.995. The molecule has 154 valence electrons. The van der Waals surface area contributed by atoms with Crippen LogP contribution >= 0.6 is 0 Å². The van der Waals surface area contributed by atoms with Crippen molar-refractivity contribution in [2.45, 2.75) is 63.5 Å². The van der Waals surface area contributed by atoms with Gasteiger partial charge in [-0.05, 0) is 55.1 Å². The van der Waals surface area contributed by atoms with Gasteiger partial charge in [0, 0.05) is 12.6 Å². The van der Waals surface area contributed by atoms with E-state index in [1.165, 1.54) is 12.8 Å². The van der Waals surface area contributed by atoms with Gasteiger partial charge in [0.15, 0.2) is 0 Å². The van der Waals surface area contributed by atoms with Crippen molar-refractivity contribution < 1.29 is 14.4 Å². The maximum absolute atomic E-state index is 13.3. The minimum atomic E-state index is -0.988. The number of nitrogens with zero attached hydrogens (tertiary/aromatic N) is 2. The first-order valence-electron chi connectivity index (χ1n) is 11.0. The minimum absolute atomic E-state index is 0.0827. The number of likely N-dealkylation sites (tertiary alicyclic amines) is 1. The summed E-state index contributed by atoms with van der Waals surface area (Å²) in [6, 6.07) is 7.61. The molecule has 2 aliphatic heterocycles. The molecule has 1 aromatic carbocycles. The van der Waals surface area contributed by atoms with Crippen LogP contribution in [0, 0.1) is 11.8 Å². The third-order valence-corrected chi connectivity index (χ3v) is 7.77. The van der Waals surface area contributed by atoms with E-state index in [1.807, 2.05) is 29.2 Å². The summed E-state index contributed by atoms with van der Waals surface area (Å²) in [6.45, 7) is 2.88. The zero-order chi connectivity index (χ0) is 20.2. The van der Waals surface area contributed by atoms with E-state index < -0.39 is 11.6 Å². The number of rotatable bonds is 2. The van der Waals surface area contributed by atoms with E-state index in [2.05, 4.69) is 12.2 Å². The lowest BCUT2D eigenvalue weighted by Gasteiger charge is -2.47. The number of carbonyl (C=O) groups excluding carboxylic acids is 3. The first kappa shape index (κ1) is 18.6. The smallest absolute Gasteiger partial charge is 0.325 e. The second kappa shape index (κ2) is 6.85. The van der Waals surface area contributed by atoms with Gasteiger partial charge in [-0.2, -0.15) is 0 Å². The van der Waals surface area contributed by atoms with Crippen LogP contribution in [-0.4, -0.2) is 46.8 Å². The van der Waals surface area contributed by atoms with Crippen molar-refractivity contribution in [1.29, 1.82) is 0 Å². The van der Waals surface area contributed by atoms with E-state index >= 15 is 0 Å². The van der Waals surface area contributed by atoms with Gasteiger partial charge >= 0.3 is 6.03 Å². The zero-order valence-corrected chi connectivity index (χ0v) is 17.0. The van der Waals surface area contributed by atoms with E-state index in [-0.39, 0.29) is 24.4 Å². The van der Waals surface area contributed by atoms with Crippen LogP contribution in [0.1, 0.15) is 56.6 Å². The zero-order valence-electron chi connectivity index (χ0n) is 17.0. The Morgan fingerprint density at radius 2 is 1.97 bits per heavy atom. The van der Waals surface area contributed by atoms with E-state index in [1.54, 1.807) is 0 Å². The largest absolute Gasteiger partial charge is 0.338 e. The highest BCUT2D eigenvalue weighted by Crippen LogP contribution is 2.42. The molecule has 1 saturated carbocycles. The molecule has 4 amide bonds. The monoisotopic (exact) mass is 395 g/mol. The van der Waals surface area contributed by atoms with Gasteiger partial charge in [0.1, 0.15) is 12.1 Å². The molecule has 2 aliphatic carbocycles. The van der Waals surface area contributed by atoms with Gasteiger partial charge in [-0.3, -0.25) is 14.5 Å². The fourth-order valence-corrected chi connectivity index (χ4v) is 6.18. The number of aryl methyl sites for hydroxylation is 1. The van der Waals surface area contributed by atoms with Crippen LogP contribution in [0.15, 0.2) is 24.3 Å². The van der Waals surface area contributed by atoms with Gasteiger partial charge in [-0.1, -0.05) is 44.0 Å². The molecule has 0 aromatic heterocycles. The second-order valence-electron chi connectivity index (χ2n) is 9.25. The molecule has 3 fully saturated rings. The highest BCUT2D eigenvalue weighted by atomic mass is 16.2. The molecule has 1 N–H and O–H groups in total. The van der Waals surface area contributed by atoms with Gasteiger partial charge in [0.05, 0.1) is 0 Å². The molecular formula is C23H29N3O3. The lowest BCUT2D eigenvalue weighted by atomic mass is 9.72. The van der Waals surface area contributed by atoms with Gasteiger partial charge in [0.2, 0.25) is 5.91 Å². The maximum atomic E-state index is 13.3. The number of benzene rings is 1. The van der Waals surface area contributed by atoms with Crippen LogP contribution in [0.25, 0.3) is 0 Å². The third-order valence-electron chi connectivity index (χ3n) is 7.77. The van der Waals surface area contributed by atoms with Crippen molar-refractivity contribution in [2.75, 3.05) is 13.1 Å². The van der Waals surface area contributed by atoms with Gasteiger partial charge < -0.3 is 10.2 Å². The molecule has 4 atom stereocenters. The second-order valence-corrected chi connectivity index (χ2v) is 9.25. The summed E-state index contributed by atoms with van der Waals surface area (Å²) in [6.07, 6.45) is 6.94. The van der Waals surface area contributed by atoms with Crippen molar-refractivity contribution in [3.8, 4) is 0 Å². The molecule has 0 bridgehead atoms. The SMILES string of the molecule is CC1CCN(C(=O)CN2C(=O)NC3(CCc4ccccc43)C2=O)C2CCCCC12. The minimum Gasteiger partial charge on any atom is -0.338 e. The Bertz CT molecular complexity index is 869. The molecule has 6 nitrogen and oxygen atoms in total. The molecule has 2 saturated heterocycles. The molecular weight excluding hydrogens is 366 g/mol. The summed E-state index contributed by atoms with van der Waals surface area (Å²) in [7, 11) is 0. The summed E-state index contributed by atoms with van der Waals surface area (Å²) in [5.74, 6) is 0.837. The van der Waals surface area contributed by atoms with Crippen LogP contribution in [0.4, 0.5) is 4.79 Å². The van der Waals surface area contributed by atoms with Crippen molar-refractivity contribution in [3.63, 3.8) is 0 Å². The Kier molecular flexibility index (Phi) is 4.41. The van der Waals surface area contributed by atoms with Crippen molar-refractivity contribution in [1.82, 2.24) is 15.1 Å². The van der Waals surface area contributed by atoms with Gasteiger partial charge in [0.25, 0.3) is 5.91 Å². The summed E-state index contributed by atoms with van der Waals surface area (Å²) < 4.78 is 0. The molecule has 1 spiro atoms. The number of urea groups is 1. The first-order chi connectivity index (χ1) is 14.0. The van der Waals surface area contributed by atoms with Crippen LogP contribution in [0.2, 0.25) is 0 Å². The first-order valence-corrected chi connectivity index (χ1v) is 11.0. The number of fused-ring (bicyclic) bond motifs is 3. The predicted octanol–water partition coefficient (Wildman–Crippen LogP) is 2.81. The lowest BCUT2D eigenvalue weighted by Crippen LogP contribution is -2.55. The topological polar surface area (TPSA) is 69.7 Å².